The Morgan fingerprint density at radius 3 is 2.23 bits per heavy atom. The molecule has 1 rings (SSSR count). The Labute approximate surface area is 191 Å². The quantitative estimate of drug-likeness (QED) is 0.180. The second-order valence-corrected chi connectivity index (χ2v) is 9.38. The smallest absolute Gasteiger partial charge is 0.327 e. The summed E-state index contributed by atoms with van der Waals surface area (Å²) in [7, 11) is 4.58. The highest BCUT2D eigenvalue weighted by atomic mass is 35.5. The highest BCUT2D eigenvalue weighted by Crippen LogP contribution is 2.49. The Balaban J connectivity index is 0.00000407. The molecule has 0 aliphatic rings. The first-order valence-corrected chi connectivity index (χ1v) is 12.8. The van der Waals surface area contributed by atoms with Crippen molar-refractivity contribution >= 4 is 30.1 Å². The van der Waals surface area contributed by atoms with Crippen LogP contribution in [0.15, 0.2) is 18.2 Å². The fourth-order valence-electron chi connectivity index (χ4n) is 2.18. The maximum atomic E-state index is 6.26. The van der Waals surface area contributed by atoms with Crippen molar-refractivity contribution in [2.45, 2.75) is 34.0 Å². The molecule has 30 heavy (non-hydrogen) atoms. The van der Waals surface area contributed by atoms with Crippen molar-refractivity contribution in [2.24, 2.45) is 5.92 Å². The number of ether oxygens (including phenoxy) is 4. The van der Waals surface area contributed by atoms with Crippen molar-refractivity contribution in [2.75, 3.05) is 54.4 Å². The van der Waals surface area contributed by atoms with E-state index in [0.717, 1.165) is 5.56 Å². The summed E-state index contributed by atoms with van der Waals surface area (Å²) in [4.78, 5) is 0. The second-order valence-electron chi connectivity index (χ2n) is 5.86. The molecule has 0 N–H and O–H groups in total. The molecule has 0 fully saturated rings. The van der Waals surface area contributed by atoms with Gasteiger partial charge in [0.15, 0.2) is 6.29 Å². The van der Waals surface area contributed by atoms with Crippen LogP contribution in [0.4, 0.5) is 0 Å². The van der Waals surface area contributed by atoms with Crippen LogP contribution >= 0.6 is 18.3 Å². The van der Waals surface area contributed by atoms with E-state index in [1.165, 1.54) is 7.11 Å². The predicted molar refractivity (Wildman–Crippen MR) is 124 cm³/mol. The summed E-state index contributed by atoms with van der Waals surface area (Å²) in [6.07, 6.45) is -0.528. The summed E-state index contributed by atoms with van der Waals surface area (Å²) in [5, 5.41) is 0.487. The molecular formula is C20H36ClO7PS. The van der Waals surface area contributed by atoms with Crippen molar-refractivity contribution in [3.63, 3.8) is 0 Å². The van der Waals surface area contributed by atoms with Gasteiger partial charge in [-0.1, -0.05) is 32.4 Å². The van der Waals surface area contributed by atoms with Crippen LogP contribution in [-0.4, -0.2) is 54.4 Å². The van der Waals surface area contributed by atoms with E-state index in [1.54, 1.807) is 32.4 Å². The highest BCUT2D eigenvalue weighted by Gasteiger charge is 2.20. The van der Waals surface area contributed by atoms with Crippen LogP contribution in [0.3, 0.4) is 0 Å². The average Bonchev–Trinajstić information content (AvgIpc) is 2.77. The molecule has 0 aliphatic carbocycles. The molecule has 2 unspecified atom stereocenters. The van der Waals surface area contributed by atoms with Gasteiger partial charge in [0.1, 0.15) is 12.4 Å². The van der Waals surface area contributed by atoms with E-state index in [1.807, 2.05) is 27.7 Å². The third kappa shape index (κ3) is 11.4. The van der Waals surface area contributed by atoms with Crippen molar-refractivity contribution in [3.05, 3.63) is 28.8 Å². The van der Waals surface area contributed by atoms with Gasteiger partial charge in [0.25, 0.3) is 0 Å². The molecule has 176 valence electrons. The summed E-state index contributed by atoms with van der Waals surface area (Å²) in [5.74, 6) is 0.793. The zero-order valence-electron chi connectivity index (χ0n) is 19.0. The number of halogens is 1. The van der Waals surface area contributed by atoms with Crippen LogP contribution in [-0.2, 0) is 39.6 Å². The topological polar surface area (TPSA) is 64.6 Å². The lowest BCUT2D eigenvalue weighted by molar-refractivity contribution is -0.105. The number of hydrogen-bond donors (Lipinski definition) is 0. The van der Waals surface area contributed by atoms with E-state index in [2.05, 4.69) is 0 Å². The van der Waals surface area contributed by atoms with Crippen molar-refractivity contribution < 1.29 is 32.5 Å². The maximum absolute atomic E-state index is 6.26. The minimum absolute atomic E-state index is 0.195. The van der Waals surface area contributed by atoms with Crippen molar-refractivity contribution in [1.29, 1.82) is 0 Å². The first-order chi connectivity index (χ1) is 14.4. The van der Waals surface area contributed by atoms with E-state index in [0.29, 0.717) is 30.6 Å². The van der Waals surface area contributed by atoms with Gasteiger partial charge in [0.2, 0.25) is 0 Å². The summed E-state index contributed by atoms with van der Waals surface area (Å²) < 4.78 is 38.0. The Kier molecular flexibility index (Phi) is 17.1. The third-order valence-corrected chi connectivity index (χ3v) is 6.42. The van der Waals surface area contributed by atoms with Crippen LogP contribution in [0, 0.1) is 5.92 Å². The van der Waals surface area contributed by atoms with Crippen LogP contribution in [0.5, 0.6) is 5.75 Å². The van der Waals surface area contributed by atoms with Gasteiger partial charge in [-0.15, -0.1) is 0 Å². The maximum Gasteiger partial charge on any atom is 0.327 e. The van der Waals surface area contributed by atoms with Gasteiger partial charge >= 0.3 is 6.72 Å². The molecule has 0 spiro atoms. The fraction of sp³-hybridized carbons (Fsp3) is 0.700. The lowest BCUT2D eigenvalue weighted by Crippen LogP contribution is -2.14. The van der Waals surface area contributed by atoms with Gasteiger partial charge < -0.3 is 32.5 Å². The van der Waals surface area contributed by atoms with Crippen LogP contribution in [0.2, 0.25) is 5.02 Å². The zero-order valence-corrected chi connectivity index (χ0v) is 21.5. The molecule has 0 heterocycles. The molecule has 0 saturated heterocycles. The minimum atomic E-state index is -2.81. The van der Waals surface area contributed by atoms with Crippen molar-refractivity contribution in [1.82, 2.24) is 0 Å². The summed E-state index contributed by atoms with van der Waals surface area (Å²) in [5.41, 5.74) is 0.722. The highest BCUT2D eigenvalue weighted by molar-refractivity contribution is 8.07. The lowest BCUT2D eigenvalue weighted by atomic mass is 10.2. The number of hydrogen-bond acceptors (Lipinski definition) is 8. The molecule has 1 aromatic carbocycles. The molecule has 0 saturated carbocycles. The second kappa shape index (κ2) is 17.3. The number of methoxy groups -OCH3 is 2. The van der Waals surface area contributed by atoms with Gasteiger partial charge in [0.05, 0.1) is 24.8 Å². The number of benzene rings is 1. The Morgan fingerprint density at radius 2 is 1.70 bits per heavy atom. The monoisotopic (exact) mass is 486 g/mol. The summed E-state index contributed by atoms with van der Waals surface area (Å²) in [6.45, 7) is 7.32. The van der Waals surface area contributed by atoms with Crippen LogP contribution in [0.1, 0.15) is 39.5 Å². The molecule has 0 amide bonds. The van der Waals surface area contributed by atoms with Gasteiger partial charge in [-0.25, -0.2) is 0 Å². The minimum Gasteiger partial charge on any atom is -0.491 e. The Hall–Kier alpha value is -0.280. The first-order valence-electron chi connectivity index (χ1n) is 9.89. The molecule has 0 aromatic heterocycles. The molecule has 2 atom stereocenters. The van der Waals surface area contributed by atoms with Gasteiger partial charge in [-0.3, -0.25) is 0 Å². The summed E-state index contributed by atoms with van der Waals surface area (Å²) >= 11 is 11.6. The molecular weight excluding hydrogens is 451 g/mol. The standard InChI is InChI=1S/C18H30ClO7PS.C2H6/c1-6-23-12-14(2)13-26-27(28,22-5)25-10-9-24-15-7-8-16(17(19)11-15)18(20-3)21-4;1-2/h7-8,11,14,18H,6,9-10,12-13H2,1-5H3;1-2H3. The zero-order chi connectivity index (χ0) is 23.0. The van der Waals surface area contributed by atoms with E-state index >= 15 is 0 Å². The van der Waals surface area contributed by atoms with E-state index < -0.39 is 13.0 Å². The lowest BCUT2D eigenvalue weighted by Gasteiger charge is -2.22. The molecule has 7 nitrogen and oxygen atoms in total. The van der Waals surface area contributed by atoms with Crippen LogP contribution in [0.25, 0.3) is 0 Å². The predicted octanol–water partition coefficient (Wildman–Crippen LogP) is 5.61. The first kappa shape index (κ1) is 29.7. The Bertz CT molecular complexity index is 617. The SMILES string of the molecule is CC.CCOCC(C)COP(=S)(OC)OCCOc1ccc(C(OC)OC)c(Cl)c1. The molecule has 10 heteroatoms. The average molecular weight is 487 g/mol. The van der Waals surface area contributed by atoms with E-state index in [9.17, 15) is 0 Å². The molecule has 1 aromatic rings. The van der Waals surface area contributed by atoms with Crippen molar-refractivity contribution in [3.8, 4) is 5.75 Å². The third-order valence-electron chi connectivity index (χ3n) is 3.60. The van der Waals surface area contributed by atoms with Gasteiger partial charge in [0, 0.05) is 39.4 Å². The van der Waals surface area contributed by atoms with Crippen LogP contribution < -0.4 is 4.74 Å². The van der Waals surface area contributed by atoms with E-state index in [-0.39, 0.29) is 19.1 Å². The summed E-state index contributed by atoms with van der Waals surface area (Å²) in [6, 6.07) is 5.27. The molecule has 0 radical (unpaired) electrons. The fourth-order valence-corrected chi connectivity index (χ4v) is 3.86. The Morgan fingerprint density at radius 1 is 1.03 bits per heavy atom. The van der Waals surface area contributed by atoms with E-state index in [4.69, 9.17) is 55.9 Å². The largest absolute Gasteiger partial charge is 0.491 e. The molecule has 0 bridgehead atoms. The van der Waals surface area contributed by atoms with Gasteiger partial charge in [-0.05, 0) is 36.9 Å². The normalized spacial score (nSPS) is 14.0. The number of rotatable bonds is 15. The van der Waals surface area contributed by atoms with Gasteiger partial charge in [-0.2, -0.15) is 0 Å². The molecule has 0 aliphatic heterocycles.